The molecule has 2 aromatic rings. The fraction of sp³-hybridized carbons (Fsp3) is 0.481. The van der Waals surface area contributed by atoms with Gasteiger partial charge in [0.05, 0.1) is 19.6 Å². The van der Waals surface area contributed by atoms with Crippen molar-refractivity contribution in [1.29, 1.82) is 0 Å². The molecule has 0 aliphatic rings. The van der Waals surface area contributed by atoms with Crippen LogP contribution in [0.3, 0.4) is 0 Å². The van der Waals surface area contributed by atoms with Crippen LogP contribution in [0.15, 0.2) is 48.5 Å². The van der Waals surface area contributed by atoms with Gasteiger partial charge in [0.15, 0.2) is 0 Å². The van der Waals surface area contributed by atoms with Crippen molar-refractivity contribution < 1.29 is 28.5 Å². The van der Waals surface area contributed by atoms with Crippen LogP contribution in [0.2, 0.25) is 0 Å². The first-order chi connectivity index (χ1) is 15.3. The fourth-order valence-corrected chi connectivity index (χ4v) is 3.50. The highest BCUT2D eigenvalue weighted by Gasteiger charge is 2.33. The molecule has 0 amide bonds. The molecule has 0 N–H and O–H groups in total. The number of benzene rings is 2. The van der Waals surface area contributed by atoms with Gasteiger partial charge in [-0.2, -0.15) is 0 Å². The Morgan fingerprint density at radius 2 is 1.21 bits per heavy atom. The summed E-state index contributed by atoms with van der Waals surface area (Å²) in [5.74, 6) is 0.923. The van der Waals surface area contributed by atoms with Crippen molar-refractivity contribution in [3.8, 4) is 11.5 Å². The molecule has 0 bridgehead atoms. The Morgan fingerprint density at radius 3 is 1.67 bits per heavy atom. The number of hydrogen-bond donors (Lipinski definition) is 0. The van der Waals surface area contributed by atoms with E-state index in [4.69, 9.17) is 18.9 Å². The summed E-state index contributed by atoms with van der Waals surface area (Å²) in [6.45, 7) is 11.5. The molecule has 0 spiro atoms. The number of ether oxygens (including phenoxy) is 4. The van der Waals surface area contributed by atoms with Gasteiger partial charge in [-0.05, 0) is 75.9 Å². The van der Waals surface area contributed by atoms with E-state index in [0.717, 1.165) is 16.9 Å². The molecule has 0 radical (unpaired) electrons. The standard InChI is InChI=1S/C27H36O6/c1-25(2,23(28)31-8)17-18-26(3,4)33-24(29)32-22-15-11-20(12-16-22)27(5,6)19-9-13-21(30-7)14-10-19/h9-16H,17-18H2,1-8H3. The molecule has 0 aliphatic heterocycles. The molecule has 0 saturated carbocycles. The van der Waals surface area contributed by atoms with Gasteiger partial charge in [-0.1, -0.05) is 38.1 Å². The van der Waals surface area contributed by atoms with Crippen molar-refractivity contribution in [1.82, 2.24) is 0 Å². The van der Waals surface area contributed by atoms with E-state index in [1.165, 1.54) is 7.11 Å². The summed E-state index contributed by atoms with van der Waals surface area (Å²) in [5, 5.41) is 0. The molecule has 0 unspecified atom stereocenters. The van der Waals surface area contributed by atoms with Gasteiger partial charge < -0.3 is 18.9 Å². The van der Waals surface area contributed by atoms with Crippen LogP contribution < -0.4 is 9.47 Å². The van der Waals surface area contributed by atoms with Gasteiger partial charge in [0.25, 0.3) is 0 Å². The molecule has 0 aromatic heterocycles. The van der Waals surface area contributed by atoms with Crippen molar-refractivity contribution in [2.75, 3.05) is 14.2 Å². The van der Waals surface area contributed by atoms with Crippen LogP contribution in [0.5, 0.6) is 11.5 Å². The third-order valence-electron chi connectivity index (χ3n) is 6.04. The Bertz CT molecular complexity index is 940. The van der Waals surface area contributed by atoms with Crippen LogP contribution in [0.4, 0.5) is 4.79 Å². The van der Waals surface area contributed by atoms with Crippen LogP contribution >= 0.6 is 0 Å². The molecule has 2 rings (SSSR count). The molecular formula is C27H36O6. The monoisotopic (exact) mass is 456 g/mol. The molecule has 180 valence electrons. The molecular weight excluding hydrogens is 420 g/mol. The van der Waals surface area contributed by atoms with Gasteiger partial charge in [-0.3, -0.25) is 4.79 Å². The molecule has 2 aromatic carbocycles. The van der Waals surface area contributed by atoms with Gasteiger partial charge in [-0.25, -0.2) is 4.79 Å². The molecule has 0 atom stereocenters. The first kappa shape index (κ1) is 26.2. The summed E-state index contributed by atoms with van der Waals surface area (Å²) in [5.41, 5.74) is 0.538. The zero-order valence-corrected chi connectivity index (χ0v) is 21.0. The second-order valence-electron chi connectivity index (χ2n) is 9.97. The maximum Gasteiger partial charge on any atom is 0.514 e. The van der Waals surface area contributed by atoms with Crippen molar-refractivity contribution in [3.05, 3.63) is 59.7 Å². The smallest absolute Gasteiger partial charge is 0.497 e. The molecule has 6 nitrogen and oxygen atoms in total. The highest BCUT2D eigenvalue weighted by molar-refractivity contribution is 5.75. The topological polar surface area (TPSA) is 71.1 Å². The van der Waals surface area contributed by atoms with Crippen LogP contribution in [-0.2, 0) is 19.7 Å². The zero-order valence-electron chi connectivity index (χ0n) is 21.0. The largest absolute Gasteiger partial charge is 0.514 e. The van der Waals surface area contributed by atoms with Crippen molar-refractivity contribution >= 4 is 12.1 Å². The molecule has 33 heavy (non-hydrogen) atoms. The maximum atomic E-state index is 12.4. The minimum atomic E-state index is -0.793. The minimum Gasteiger partial charge on any atom is -0.497 e. The second kappa shape index (κ2) is 10.3. The summed E-state index contributed by atoms with van der Waals surface area (Å²) in [6, 6.07) is 15.4. The van der Waals surface area contributed by atoms with Crippen LogP contribution in [0, 0.1) is 5.41 Å². The van der Waals surface area contributed by atoms with E-state index >= 15 is 0 Å². The van der Waals surface area contributed by atoms with Crippen LogP contribution in [0.25, 0.3) is 0 Å². The van der Waals surface area contributed by atoms with Crippen molar-refractivity contribution in [2.45, 2.75) is 65.4 Å². The fourth-order valence-electron chi connectivity index (χ4n) is 3.50. The van der Waals surface area contributed by atoms with Crippen LogP contribution in [-0.4, -0.2) is 31.9 Å². The summed E-state index contributed by atoms with van der Waals surface area (Å²) in [7, 11) is 3.01. The Balaban J connectivity index is 1.99. The summed E-state index contributed by atoms with van der Waals surface area (Å²) in [4.78, 5) is 24.2. The van der Waals surface area contributed by atoms with Crippen LogP contribution in [0.1, 0.15) is 65.5 Å². The average molecular weight is 457 g/mol. The lowest BCUT2D eigenvalue weighted by Crippen LogP contribution is -2.33. The zero-order chi connectivity index (χ0) is 24.9. The number of carbonyl (C=O) groups excluding carboxylic acids is 2. The highest BCUT2D eigenvalue weighted by Crippen LogP contribution is 2.34. The molecule has 0 heterocycles. The average Bonchev–Trinajstić information content (AvgIpc) is 2.77. The van der Waals surface area contributed by atoms with Gasteiger partial charge in [0.1, 0.15) is 17.1 Å². The lowest BCUT2D eigenvalue weighted by atomic mass is 9.78. The Kier molecular flexibility index (Phi) is 8.17. The van der Waals surface area contributed by atoms with E-state index < -0.39 is 17.2 Å². The Labute approximate surface area is 197 Å². The number of hydrogen-bond acceptors (Lipinski definition) is 6. The molecule has 0 fully saturated rings. The molecule has 6 heteroatoms. The highest BCUT2D eigenvalue weighted by atomic mass is 16.7. The van der Waals surface area contributed by atoms with Gasteiger partial charge in [0.2, 0.25) is 0 Å². The van der Waals surface area contributed by atoms with Crippen molar-refractivity contribution in [3.63, 3.8) is 0 Å². The third-order valence-corrected chi connectivity index (χ3v) is 6.04. The van der Waals surface area contributed by atoms with E-state index in [0.29, 0.717) is 18.6 Å². The summed E-state index contributed by atoms with van der Waals surface area (Å²) >= 11 is 0. The van der Waals surface area contributed by atoms with E-state index in [1.807, 2.05) is 50.2 Å². The predicted molar refractivity (Wildman–Crippen MR) is 128 cm³/mol. The number of methoxy groups -OCH3 is 2. The first-order valence-corrected chi connectivity index (χ1v) is 11.0. The molecule has 0 aliphatic carbocycles. The quantitative estimate of drug-likeness (QED) is 0.326. The van der Waals surface area contributed by atoms with E-state index in [9.17, 15) is 9.59 Å². The van der Waals surface area contributed by atoms with Gasteiger partial charge >= 0.3 is 12.1 Å². The SMILES string of the molecule is COC(=O)C(C)(C)CCC(C)(C)OC(=O)Oc1ccc(C(C)(C)c2ccc(OC)cc2)cc1. The summed E-state index contributed by atoms with van der Waals surface area (Å²) < 4.78 is 21.0. The first-order valence-electron chi connectivity index (χ1n) is 11.0. The molecule has 0 saturated heterocycles. The Morgan fingerprint density at radius 1 is 0.727 bits per heavy atom. The van der Waals surface area contributed by atoms with Crippen molar-refractivity contribution in [2.24, 2.45) is 5.41 Å². The Hall–Kier alpha value is -3.02. The summed E-state index contributed by atoms with van der Waals surface area (Å²) in [6.07, 6.45) is 0.215. The lowest BCUT2D eigenvalue weighted by Gasteiger charge is -2.29. The minimum absolute atomic E-state index is 0.236. The predicted octanol–water partition coefficient (Wildman–Crippen LogP) is 6.29. The van der Waals surface area contributed by atoms with Gasteiger partial charge in [-0.15, -0.1) is 0 Å². The normalized spacial score (nSPS) is 12.1. The second-order valence-corrected chi connectivity index (χ2v) is 9.97. The van der Waals surface area contributed by atoms with E-state index in [1.54, 1.807) is 33.1 Å². The lowest BCUT2D eigenvalue weighted by molar-refractivity contribution is -0.151. The maximum absolute atomic E-state index is 12.4. The number of esters is 1. The van der Waals surface area contributed by atoms with E-state index in [2.05, 4.69) is 13.8 Å². The number of rotatable bonds is 9. The van der Waals surface area contributed by atoms with E-state index in [-0.39, 0.29) is 11.4 Å². The number of carbonyl (C=O) groups is 2. The van der Waals surface area contributed by atoms with Gasteiger partial charge in [0, 0.05) is 5.41 Å². The third kappa shape index (κ3) is 6.98.